The van der Waals surface area contributed by atoms with Crippen molar-refractivity contribution in [2.24, 2.45) is 0 Å². The van der Waals surface area contributed by atoms with Gasteiger partial charge in [-0.15, -0.1) is 0 Å². The molecule has 1 aromatic carbocycles. The van der Waals surface area contributed by atoms with Gasteiger partial charge in [-0.25, -0.2) is 4.79 Å². The Kier molecular flexibility index (Phi) is 10.4. The lowest BCUT2D eigenvalue weighted by atomic mass is 10.2. The van der Waals surface area contributed by atoms with Crippen LogP contribution in [0.4, 0.5) is 16.2 Å². The maximum absolute atomic E-state index is 12.8. The van der Waals surface area contributed by atoms with Crippen LogP contribution in [0, 0.1) is 0 Å². The normalized spacial score (nSPS) is 11.4. The average molecular weight is 453 g/mol. The van der Waals surface area contributed by atoms with Gasteiger partial charge in [-0.2, -0.15) is 0 Å². The van der Waals surface area contributed by atoms with Crippen LogP contribution in [-0.2, 0) is 6.54 Å². The third-order valence-corrected chi connectivity index (χ3v) is 5.46. The molecule has 0 spiro atoms. The largest absolute Gasteiger partial charge is 0.397 e. The third kappa shape index (κ3) is 8.23. The van der Waals surface area contributed by atoms with Crippen molar-refractivity contribution in [3.63, 3.8) is 0 Å². The number of hydrogen-bond donors (Lipinski definition) is 3. The first-order valence-corrected chi connectivity index (χ1v) is 11.4. The SMILES string of the molecule is C/C=C(\C)NC(=O)N(CCCN(CC)CC)Cc1ccc(C(=O)Nc2ccccc2N)nc1. The Morgan fingerprint density at radius 3 is 2.42 bits per heavy atom. The van der Waals surface area contributed by atoms with Gasteiger partial charge in [0.05, 0.1) is 11.4 Å². The number of allylic oxidation sites excluding steroid dienone is 2. The van der Waals surface area contributed by atoms with Crippen LogP contribution < -0.4 is 16.4 Å². The molecule has 2 rings (SSSR count). The maximum Gasteiger partial charge on any atom is 0.321 e. The number of amides is 3. The van der Waals surface area contributed by atoms with Crippen molar-refractivity contribution in [2.45, 2.75) is 40.7 Å². The highest BCUT2D eigenvalue weighted by molar-refractivity contribution is 6.04. The first-order valence-electron chi connectivity index (χ1n) is 11.4. The van der Waals surface area contributed by atoms with Gasteiger partial charge < -0.3 is 26.2 Å². The number of rotatable bonds is 11. The van der Waals surface area contributed by atoms with Crippen molar-refractivity contribution >= 4 is 23.3 Å². The number of nitrogens with two attached hydrogens (primary N) is 1. The number of hydrogen-bond acceptors (Lipinski definition) is 5. The van der Waals surface area contributed by atoms with Crippen LogP contribution in [0.3, 0.4) is 0 Å². The number of pyridine rings is 1. The summed E-state index contributed by atoms with van der Waals surface area (Å²) in [4.78, 5) is 33.7. The second-order valence-corrected chi connectivity index (χ2v) is 7.80. The van der Waals surface area contributed by atoms with Crippen molar-refractivity contribution in [3.8, 4) is 0 Å². The molecule has 0 atom stereocenters. The van der Waals surface area contributed by atoms with Gasteiger partial charge in [0.1, 0.15) is 5.69 Å². The van der Waals surface area contributed by atoms with Crippen LogP contribution in [0.1, 0.15) is 50.2 Å². The number of nitrogens with zero attached hydrogens (tertiary/aromatic N) is 3. The molecule has 1 heterocycles. The van der Waals surface area contributed by atoms with E-state index in [4.69, 9.17) is 5.73 Å². The van der Waals surface area contributed by atoms with E-state index in [-0.39, 0.29) is 17.6 Å². The summed E-state index contributed by atoms with van der Waals surface area (Å²) in [7, 11) is 0. The molecule has 33 heavy (non-hydrogen) atoms. The first-order chi connectivity index (χ1) is 15.9. The van der Waals surface area contributed by atoms with Gasteiger partial charge in [-0.05, 0) is 63.7 Å². The zero-order valence-corrected chi connectivity index (χ0v) is 20.1. The fraction of sp³-hybridized carbons (Fsp3) is 0.400. The van der Waals surface area contributed by atoms with E-state index in [1.165, 1.54) is 0 Å². The standard InChI is InChI=1S/C25H36N6O2/c1-5-19(4)28-25(33)31(16-10-15-30(6-2)7-3)18-20-13-14-23(27-17-20)24(32)29-22-12-9-8-11-21(22)26/h5,8-9,11-14,17H,6-7,10,15-16,18,26H2,1-4H3,(H,28,33)(H,29,32)/b19-5+. The highest BCUT2D eigenvalue weighted by atomic mass is 16.2. The molecule has 0 aliphatic rings. The van der Waals surface area contributed by atoms with Crippen LogP contribution in [0.5, 0.6) is 0 Å². The summed E-state index contributed by atoms with van der Waals surface area (Å²) in [5.41, 5.74) is 8.86. The summed E-state index contributed by atoms with van der Waals surface area (Å²) in [5.74, 6) is -0.336. The maximum atomic E-state index is 12.8. The van der Waals surface area contributed by atoms with Crippen LogP contribution in [0.25, 0.3) is 0 Å². The minimum atomic E-state index is -0.336. The molecular formula is C25H36N6O2. The minimum absolute atomic E-state index is 0.147. The number of benzene rings is 1. The van der Waals surface area contributed by atoms with E-state index < -0.39 is 0 Å². The van der Waals surface area contributed by atoms with E-state index >= 15 is 0 Å². The van der Waals surface area contributed by atoms with Crippen LogP contribution in [0.2, 0.25) is 0 Å². The van der Waals surface area contributed by atoms with E-state index in [0.717, 1.165) is 37.3 Å². The summed E-state index contributed by atoms with van der Waals surface area (Å²) in [6.07, 6.45) is 4.37. The number of carbonyl (C=O) groups excluding carboxylic acids is 2. The molecule has 0 radical (unpaired) electrons. The van der Waals surface area contributed by atoms with Crippen LogP contribution in [-0.4, -0.2) is 52.9 Å². The highest BCUT2D eigenvalue weighted by Crippen LogP contribution is 2.17. The fourth-order valence-corrected chi connectivity index (χ4v) is 3.27. The molecule has 2 aromatic rings. The second-order valence-electron chi connectivity index (χ2n) is 7.80. The Morgan fingerprint density at radius 1 is 1.09 bits per heavy atom. The molecule has 0 saturated carbocycles. The lowest BCUT2D eigenvalue weighted by Crippen LogP contribution is -2.40. The number of anilines is 2. The number of nitrogens with one attached hydrogen (secondary N) is 2. The molecule has 3 amide bonds. The van der Waals surface area contributed by atoms with Crippen molar-refractivity contribution in [1.29, 1.82) is 0 Å². The van der Waals surface area contributed by atoms with Gasteiger partial charge in [0.2, 0.25) is 0 Å². The topological polar surface area (TPSA) is 104 Å². The third-order valence-electron chi connectivity index (χ3n) is 5.46. The zero-order valence-electron chi connectivity index (χ0n) is 20.1. The summed E-state index contributed by atoms with van der Waals surface area (Å²) in [6, 6.07) is 10.4. The van der Waals surface area contributed by atoms with Gasteiger partial charge in [-0.1, -0.05) is 38.1 Å². The van der Waals surface area contributed by atoms with Gasteiger partial charge in [0, 0.05) is 25.0 Å². The molecule has 0 aliphatic heterocycles. The zero-order chi connectivity index (χ0) is 24.2. The average Bonchev–Trinajstić information content (AvgIpc) is 2.82. The molecular weight excluding hydrogens is 416 g/mol. The predicted octanol–water partition coefficient (Wildman–Crippen LogP) is 4.08. The number of nitrogen functional groups attached to an aromatic ring is 1. The summed E-state index contributed by atoms with van der Waals surface area (Å²) >= 11 is 0. The minimum Gasteiger partial charge on any atom is -0.397 e. The Morgan fingerprint density at radius 2 is 1.82 bits per heavy atom. The van der Waals surface area contributed by atoms with Crippen LogP contribution in [0.15, 0.2) is 54.4 Å². The van der Waals surface area contributed by atoms with E-state index in [2.05, 4.69) is 34.4 Å². The molecule has 1 aromatic heterocycles. The molecule has 0 bridgehead atoms. The Labute approximate surface area is 196 Å². The Hall–Kier alpha value is -3.39. The summed E-state index contributed by atoms with van der Waals surface area (Å²) < 4.78 is 0. The van der Waals surface area contributed by atoms with Crippen molar-refractivity contribution < 1.29 is 9.59 Å². The smallest absolute Gasteiger partial charge is 0.321 e. The number of aromatic nitrogens is 1. The highest BCUT2D eigenvalue weighted by Gasteiger charge is 2.16. The predicted molar refractivity (Wildman–Crippen MR) is 134 cm³/mol. The molecule has 0 fully saturated rings. The fourth-order valence-electron chi connectivity index (χ4n) is 3.27. The first kappa shape index (κ1) is 25.9. The van der Waals surface area contributed by atoms with Crippen molar-refractivity contribution in [2.75, 3.05) is 37.2 Å². The van der Waals surface area contributed by atoms with Gasteiger partial charge in [0.25, 0.3) is 5.91 Å². The molecule has 8 heteroatoms. The van der Waals surface area contributed by atoms with Gasteiger partial charge >= 0.3 is 6.03 Å². The van der Waals surface area contributed by atoms with Crippen molar-refractivity contribution in [1.82, 2.24) is 20.1 Å². The van der Waals surface area contributed by atoms with E-state index in [0.29, 0.717) is 24.5 Å². The van der Waals surface area contributed by atoms with E-state index in [9.17, 15) is 9.59 Å². The van der Waals surface area contributed by atoms with E-state index in [1.54, 1.807) is 41.4 Å². The van der Waals surface area contributed by atoms with E-state index in [1.807, 2.05) is 26.0 Å². The second kappa shape index (κ2) is 13.2. The lowest BCUT2D eigenvalue weighted by molar-refractivity contribution is 0.102. The Balaban J connectivity index is 2.05. The lowest BCUT2D eigenvalue weighted by Gasteiger charge is -2.25. The molecule has 0 aliphatic carbocycles. The molecule has 8 nitrogen and oxygen atoms in total. The molecule has 0 saturated heterocycles. The van der Waals surface area contributed by atoms with Crippen LogP contribution >= 0.6 is 0 Å². The summed E-state index contributed by atoms with van der Waals surface area (Å²) in [5, 5.41) is 5.69. The molecule has 0 unspecified atom stereocenters. The van der Waals surface area contributed by atoms with Gasteiger partial charge in [0.15, 0.2) is 0 Å². The number of urea groups is 1. The Bertz CT molecular complexity index is 938. The summed E-state index contributed by atoms with van der Waals surface area (Å²) in [6.45, 7) is 12.0. The monoisotopic (exact) mass is 452 g/mol. The molecule has 178 valence electrons. The number of para-hydroxylation sites is 2. The number of carbonyl (C=O) groups is 2. The quantitative estimate of drug-likeness (QED) is 0.446. The van der Waals surface area contributed by atoms with Gasteiger partial charge in [-0.3, -0.25) is 9.78 Å². The molecule has 4 N–H and O–H groups in total. The van der Waals surface area contributed by atoms with Crippen molar-refractivity contribution in [3.05, 3.63) is 65.6 Å².